The van der Waals surface area contributed by atoms with Crippen LogP contribution in [0.2, 0.25) is 5.02 Å². The molecule has 3 heterocycles. The molecule has 0 bridgehead atoms. The van der Waals surface area contributed by atoms with Crippen molar-refractivity contribution in [1.29, 1.82) is 0 Å². The Hall–Kier alpha value is -2.42. The van der Waals surface area contributed by atoms with Crippen LogP contribution in [-0.2, 0) is 6.54 Å². The molecule has 0 amide bonds. The molecule has 0 saturated carbocycles. The maximum Gasteiger partial charge on any atom is 0.246 e. The number of guanidine groups is 1. The molecule has 0 aliphatic carbocycles. The molecule has 1 aromatic carbocycles. The van der Waals surface area contributed by atoms with Crippen molar-refractivity contribution >= 4 is 28.9 Å². The van der Waals surface area contributed by atoms with Crippen LogP contribution in [0.15, 0.2) is 51.3 Å². The number of rotatable bonds is 7. The van der Waals surface area contributed by atoms with Gasteiger partial charge in [0, 0.05) is 29.1 Å². The summed E-state index contributed by atoms with van der Waals surface area (Å²) in [5.41, 5.74) is 0.824. The lowest BCUT2D eigenvalue weighted by molar-refractivity contribution is 0.249. The molecule has 0 spiro atoms. The van der Waals surface area contributed by atoms with Crippen molar-refractivity contribution in [1.82, 2.24) is 25.7 Å². The fourth-order valence-corrected chi connectivity index (χ4v) is 4.64. The number of nitrogens with one attached hydrogen (secondary N) is 2. The van der Waals surface area contributed by atoms with Crippen LogP contribution in [0.5, 0.6) is 0 Å². The van der Waals surface area contributed by atoms with Gasteiger partial charge >= 0.3 is 0 Å². The highest BCUT2D eigenvalue weighted by atomic mass is 35.5. The number of thiophene rings is 1. The number of hydrogen-bond acceptors (Lipinski definition) is 6. The second-order valence-electron chi connectivity index (χ2n) is 7.10. The molecule has 3 aromatic rings. The number of halogens is 1. The van der Waals surface area contributed by atoms with Gasteiger partial charge in [0.1, 0.15) is 0 Å². The van der Waals surface area contributed by atoms with Gasteiger partial charge in [0.15, 0.2) is 5.96 Å². The average molecular weight is 445 g/mol. The van der Waals surface area contributed by atoms with Crippen molar-refractivity contribution in [2.75, 3.05) is 26.7 Å². The second kappa shape index (κ2) is 10.1. The summed E-state index contributed by atoms with van der Waals surface area (Å²) in [7, 11) is 1.76. The van der Waals surface area contributed by atoms with Crippen LogP contribution in [0.1, 0.15) is 29.7 Å². The molecule has 1 aliphatic heterocycles. The molecule has 1 atom stereocenters. The Labute approximate surface area is 185 Å². The molecule has 1 unspecified atom stereocenters. The molecule has 158 valence electrons. The minimum absolute atomic E-state index is 0.351. The van der Waals surface area contributed by atoms with E-state index in [0.717, 1.165) is 25.2 Å². The summed E-state index contributed by atoms with van der Waals surface area (Å²) in [6.07, 6.45) is 2.53. The fraction of sp³-hybridized carbons (Fsp3) is 0.381. The molecule has 0 radical (unpaired) electrons. The van der Waals surface area contributed by atoms with Gasteiger partial charge in [0.25, 0.3) is 0 Å². The van der Waals surface area contributed by atoms with E-state index >= 15 is 0 Å². The Morgan fingerprint density at radius 3 is 2.87 bits per heavy atom. The highest BCUT2D eigenvalue weighted by Crippen LogP contribution is 2.27. The van der Waals surface area contributed by atoms with Gasteiger partial charge in [-0.2, -0.15) is 4.98 Å². The molecule has 7 nitrogen and oxygen atoms in total. The number of benzene rings is 1. The minimum Gasteiger partial charge on any atom is -0.354 e. The topological polar surface area (TPSA) is 78.6 Å². The van der Waals surface area contributed by atoms with Gasteiger partial charge in [-0.25, -0.2) is 0 Å². The lowest BCUT2D eigenvalue weighted by atomic mass is 10.2. The predicted molar refractivity (Wildman–Crippen MR) is 121 cm³/mol. The van der Waals surface area contributed by atoms with Gasteiger partial charge in [-0.3, -0.25) is 9.89 Å². The summed E-state index contributed by atoms with van der Waals surface area (Å²) in [5, 5.41) is 13.5. The van der Waals surface area contributed by atoms with Crippen LogP contribution < -0.4 is 10.6 Å². The zero-order chi connectivity index (χ0) is 20.8. The van der Waals surface area contributed by atoms with E-state index in [9.17, 15) is 0 Å². The van der Waals surface area contributed by atoms with E-state index in [2.05, 4.69) is 48.2 Å². The molecule has 4 rings (SSSR count). The minimum atomic E-state index is 0.351. The van der Waals surface area contributed by atoms with Crippen molar-refractivity contribution in [3.8, 4) is 11.4 Å². The zero-order valence-electron chi connectivity index (χ0n) is 16.8. The first-order valence-corrected chi connectivity index (χ1v) is 11.3. The maximum atomic E-state index is 6.04. The second-order valence-corrected chi connectivity index (χ2v) is 8.52. The van der Waals surface area contributed by atoms with Crippen LogP contribution in [0.3, 0.4) is 0 Å². The molecule has 30 heavy (non-hydrogen) atoms. The summed E-state index contributed by atoms with van der Waals surface area (Å²) >= 11 is 7.85. The maximum absolute atomic E-state index is 6.04. The lowest BCUT2D eigenvalue weighted by Crippen LogP contribution is -2.42. The number of hydrogen-bond donors (Lipinski definition) is 2. The molecule has 2 aromatic heterocycles. The van der Waals surface area contributed by atoms with Crippen LogP contribution in [-0.4, -0.2) is 47.7 Å². The van der Waals surface area contributed by atoms with Crippen LogP contribution in [0.4, 0.5) is 0 Å². The monoisotopic (exact) mass is 444 g/mol. The Morgan fingerprint density at radius 2 is 2.13 bits per heavy atom. The van der Waals surface area contributed by atoms with E-state index in [1.54, 1.807) is 18.4 Å². The first kappa shape index (κ1) is 20.8. The van der Waals surface area contributed by atoms with E-state index in [0.29, 0.717) is 35.3 Å². The van der Waals surface area contributed by atoms with Gasteiger partial charge in [-0.15, -0.1) is 11.3 Å². The first-order chi connectivity index (χ1) is 14.7. The number of nitrogens with zero attached hydrogens (tertiary/aromatic N) is 4. The van der Waals surface area contributed by atoms with Crippen LogP contribution in [0.25, 0.3) is 11.4 Å². The summed E-state index contributed by atoms with van der Waals surface area (Å²) < 4.78 is 5.36. The standard InChI is InChI=1S/C21H25ClN6OS/c1-23-21(24-13-17(18-8-5-11-30-18)28-9-2-3-10-28)25-14-19-26-20(27-29-19)15-6-4-7-16(22)12-15/h4-8,11-12,17H,2-3,9-10,13-14H2,1H3,(H2,23,24,25). The SMILES string of the molecule is CN=C(NCc1nc(-c2cccc(Cl)c2)no1)NCC(c1cccs1)N1CCCC1. The van der Waals surface area contributed by atoms with Gasteiger partial charge in [-0.05, 0) is 49.5 Å². The van der Waals surface area contributed by atoms with E-state index in [1.807, 2.05) is 24.3 Å². The Morgan fingerprint density at radius 1 is 1.27 bits per heavy atom. The van der Waals surface area contributed by atoms with Gasteiger partial charge in [-0.1, -0.05) is 35.0 Å². The quantitative estimate of drug-likeness (QED) is 0.424. The Kier molecular flexibility index (Phi) is 6.99. The molecular weight excluding hydrogens is 420 g/mol. The van der Waals surface area contributed by atoms with E-state index in [4.69, 9.17) is 16.1 Å². The lowest BCUT2D eigenvalue weighted by Gasteiger charge is -2.27. The number of aliphatic imine (C=N–C) groups is 1. The van der Waals surface area contributed by atoms with Crippen molar-refractivity contribution in [2.24, 2.45) is 4.99 Å². The largest absolute Gasteiger partial charge is 0.354 e. The number of aromatic nitrogens is 2. The molecule has 1 fully saturated rings. The van der Waals surface area contributed by atoms with E-state index in [1.165, 1.54) is 17.7 Å². The first-order valence-electron chi connectivity index (χ1n) is 10.0. The van der Waals surface area contributed by atoms with Crippen molar-refractivity contribution in [3.63, 3.8) is 0 Å². The Balaban J connectivity index is 1.34. The molecular formula is C21H25ClN6OS. The highest BCUT2D eigenvalue weighted by Gasteiger charge is 2.24. The smallest absolute Gasteiger partial charge is 0.246 e. The van der Waals surface area contributed by atoms with E-state index in [-0.39, 0.29) is 0 Å². The van der Waals surface area contributed by atoms with Crippen LogP contribution >= 0.6 is 22.9 Å². The summed E-state index contributed by atoms with van der Waals surface area (Å²) in [5.74, 6) is 1.71. The normalized spacial score (nSPS) is 16.0. The summed E-state index contributed by atoms with van der Waals surface area (Å²) in [6, 6.07) is 12.1. The fourth-order valence-electron chi connectivity index (χ4n) is 3.59. The predicted octanol–water partition coefficient (Wildman–Crippen LogP) is 3.95. The molecule has 1 aliphatic rings. The van der Waals surface area contributed by atoms with Crippen molar-refractivity contribution < 1.29 is 4.52 Å². The number of likely N-dealkylation sites (tertiary alicyclic amines) is 1. The zero-order valence-corrected chi connectivity index (χ0v) is 18.4. The van der Waals surface area contributed by atoms with Gasteiger partial charge in [0.2, 0.25) is 11.7 Å². The van der Waals surface area contributed by atoms with Crippen molar-refractivity contribution in [2.45, 2.75) is 25.4 Å². The molecule has 1 saturated heterocycles. The van der Waals surface area contributed by atoms with Crippen LogP contribution in [0, 0.1) is 0 Å². The van der Waals surface area contributed by atoms with E-state index < -0.39 is 0 Å². The third kappa shape index (κ3) is 5.19. The molecule has 9 heteroatoms. The Bertz CT molecular complexity index is 968. The third-order valence-electron chi connectivity index (χ3n) is 5.10. The van der Waals surface area contributed by atoms with Crippen molar-refractivity contribution in [3.05, 3.63) is 57.6 Å². The summed E-state index contributed by atoms with van der Waals surface area (Å²) in [4.78, 5) is 12.7. The molecule has 2 N–H and O–H groups in total. The summed E-state index contributed by atoms with van der Waals surface area (Å²) in [6.45, 7) is 3.47. The average Bonchev–Trinajstić information content (AvgIpc) is 3.54. The van der Waals surface area contributed by atoms with Gasteiger partial charge in [0.05, 0.1) is 12.6 Å². The highest BCUT2D eigenvalue weighted by molar-refractivity contribution is 7.10. The third-order valence-corrected chi connectivity index (χ3v) is 6.31. The van der Waals surface area contributed by atoms with Gasteiger partial charge < -0.3 is 15.2 Å².